The van der Waals surface area contributed by atoms with Crippen LogP contribution >= 0.6 is 0 Å². The number of hydrogen-bond donors (Lipinski definition) is 0. The monoisotopic (exact) mass is 358 g/mol. The minimum Gasteiger partial charge on any atom is -0.463 e. The molecule has 4 rings (SSSR count). The summed E-state index contributed by atoms with van der Waals surface area (Å²) in [4.78, 5) is 17.5. The van der Waals surface area contributed by atoms with Crippen molar-refractivity contribution in [3.63, 3.8) is 0 Å². The van der Waals surface area contributed by atoms with Crippen LogP contribution in [0, 0.1) is 18.3 Å². The van der Waals surface area contributed by atoms with E-state index >= 15 is 0 Å². The number of benzene rings is 1. The highest BCUT2D eigenvalue weighted by Crippen LogP contribution is 2.28. The number of fused-ring (bicyclic) bond motifs is 1. The number of esters is 1. The van der Waals surface area contributed by atoms with E-state index in [1.165, 1.54) is 0 Å². The van der Waals surface area contributed by atoms with Crippen LogP contribution in [0.4, 0.5) is 0 Å². The Labute approximate surface area is 154 Å². The average molecular weight is 358 g/mol. The number of ether oxygens (including phenoxy) is 1. The lowest BCUT2D eigenvalue weighted by molar-refractivity contribution is 0.0736. The Kier molecular flexibility index (Phi) is 3.94. The fourth-order valence-corrected chi connectivity index (χ4v) is 2.92. The first kappa shape index (κ1) is 16.5. The molecule has 0 aliphatic rings. The fraction of sp³-hybridized carbons (Fsp3) is 0.100. The van der Waals surface area contributed by atoms with Gasteiger partial charge in [-0.3, -0.25) is 4.68 Å². The molecule has 0 saturated carbocycles. The highest BCUT2D eigenvalue weighted by Gasteiger charge is 2.21. The molecule has 0 saturated heterocycles. The van der Waals surface area contributed by atoms with Crippen molar-refractivity contribution in [3.05, 3.63) is 65.5 Å². The third-order valence-corrected chi connectivity index (χ3v) is 4.16. The smallest absolute Gasteiger partial charge is 0.344 e. The number of hydrogen-bond acceptors (Lipinski definition) is 6. The van der Waals surface area contributed by atoms with Crippen LogP contribution in [0.15, 0.2) is 53.1 Å². The van der Waals surface area contributed by atoms with Gasteiger partial charge in [0, 0.05) is 7.05 Å². The van der Waals surface area contributed by atoms with Gasteiger partial charge < -0.3 is 9.15 Å². The average Bonchev–Trinajstić information content (AvgIpc) is 3.30. The number of nitriles is 1. The van der Waals surface area contributed by atoms with Crippen molar-refractivity contribution in [2.75, 3.05) is 0 Å². The van der Waals surface area contributed by atoms with E-state index in [9.17, 15) is 4.79 Å². The predicted octanol–water partition coefficient (Wildman–Crippen LogP) is 3.63. The van der Waals surface area contributed by atoms with Crippen LogP contribution in [0.25, 0.3) is 22.5 Å². The molecule has 1 aromatic carbocycles. The second-order valence-corrected chi connectivity index (χ2v) is 5.97. The summed E-state index contributed by atoms with van der Waals surface area (Å²) < 4.78 is 12.5. The molecule has 0 N–H and O–H groups in total. The van der Waals surface area contributed by atoms with Gasteiger partial charge in [-0.1, -0.05) is 0 Å². The fourth-order valence-electron chi connectivity index (χ4n) is 2.92. The maximum absolute atomic E-state index is 12.9. The first-order valence-electron chi connectivity index (χ1n) is 8.17. The van der Waals surface area contributed by atoms with Gasteiger partial charge in [0.05, 0.1) is 34.5 Å². The highest BCUT2D eigenvalue weighted by molar-refractivity contribution is 6.05. The van der Waals surface area contributed by atoms with E-state index in [1.54, 1.807) is 60.5 Å². The summed E-state index contributed by atoms with van der Waals surface area (Å²) in [6.07, 6.45) is 1.55. The topological polar surface area (TPSA) is 93.9 Å². The van der Waals surface area contributed by atoms with Crippen LogP contribution in [0.2, 0.25) is 0 Å². The third-order valence-electron chi connectivity index (χ3n) is 4.16. The molecule has 3 heterocycles. The molecule has 27 heavy (non-hydrogen) atoms. The molecule has 0 radical (unpaired) electrons. The van der Waals surface area contributed by atoms with Crippen molar-refractivity contribution < 1.29 is 13.9 Å². The highest BCUT2D eigenvalue weighted by atomic mass is 16.5. The number of rotatable bonds is 3. The van der Waals surface area contributed by atoms with Crippen LogP contribution < -0.4 is 4.74 Å². The molecule has 3 aromatic heterocycles. The maximum atomic E-state index is 12.9. The van der Waals surface area contributed by atoms with Crippen molar-refractivity contribution in [1.29, 1.82) is 5.26 Å². The molecule has 132 valence electrons. The van der Waals surface area contributed by atoms with E-state index < -0.39 is 5.97 Å². The van der Waals surface area contributed by atoms with Crippen LogP contribution in [0.3, 0.4) is 0 Å². The van der Waals surface area contributed by atoms with Gasteiger partial charge in [-0.05, 0) is 49.4 Å². The first-order chi connectivity index (χ1) is 13.1. The Balaban J connectivity index is 1.81. The quantitative estimate of drug-likeness (QED) is 0.410. The molecule has 4 aromatic rings. The van der Waals surface area contributed by atoms with Crippen molar-refractivity contribution in [2.24, 2.45) is 7.05 Å². The molecule has 0 fully saturated rings. The molecule has 0 atom stereocenters. The molecule has 0 aliphatic heterocycles. The minimum absolute atomic E-state index is 0.348. The maximum Gasteiger partial charge on any atom is 0.344 e. The number of carbonyl (C=O) groups excluding carboxylic acids is 1. The summed E-state index contributed by atoms with van der Waals surface area (Å²) in [6, 6.07) is 13.5. The van der Waals surface area contributed by atoms with E-state index in [0.717, 1.165) is 0 Å². The van der Waals surface area contributed by atoms with E-state index in [-0.39, 0.29) is 0 Å². The summed E-state index contributed by atoms with van der Waals surface area (Å²) in [5, 5.41) is 13.9. The summed E-state index contributed by atoms with van der Waals surface area (Å²) >= 11 is 0. The van der Waals surface area contributed by atoms with Crippen LogP contribution in [0.1, 0.15) is 21.6 Å². The number of furan rings is 1. The van der Waals surface area contributed by atoms with E-state index in [0.29, 0.717) is 45.1 Å². The van der Waals surface area contributed by atoms with Crippen LogP contribution in [-0.2, 0) is 7.05 Å². The lowest BCUT2D eigenvalue weighted by Gasteiger charge is -2.08. The molecular weight excluding hydrogens is 344 g/mol. The van der Waals surface area contributed by atoms with Crippen molar-refractivity contribution in [1.82, 2.24) is 14.8 Å². The lowest BCUT2D eigenvalue weighted by Crippen LogP contribution is -2.10. The number of carbonyl (C=O) groups is 1. The minimum atomic E-state index is -0.531. The summed E-state index contributed by atoms with van der Waals surface area (Å²) in [6.45, 7) is 1.81. The molecule has 7 heteroatoms. The summed E-state index contributed by atoms with van der Waals surface area (Å²) in [7, 11) is 1.77. The lowest BCUT2D eigenvalue weighted by atomic mass is 10.1. The standard InChI is InChI=1S/C20H14N4O3/c1-12-18-15(20(25)27-14-7-5-13(11-21)6-8-14)10-16(17-4-3-9-26-17)22-19(18)24(2)23-12/h3-10H,1-2H3. The second-order valence-electron chi connectivity index (χ2n) is 5.97. The van der Waals surface area contributed by atoms with Crippen molar-refractivity contribution in [2.45, 2.75) is 6.92 Å². The van der Waals surface area contributed by atoms with Gasteiger partial charge in [-0.15, -0.1) is 0 Å². The molecular formula is C20H14N4O3. The first-order valence-corrected chi connectivity index (χ1v) is 8.17. The van der Waals surface area contributed by atoms with Crippen molar-refractivity contribution in [3.8, 4) is 23.3 Å². The Morgan fingerprint density at radius 1 is 1.26 bits per heavy atom. The number of aryl methyl sites for hydroxylation is 2. The van der Waals surface area contributed by atoms with Crippen molar-refractivity contribution >= 4 is 17.0 Å². The third kappa shape index (κ3) is 2.93. The molecule has 0 bridgehead atoms. The van der Waals surface area contributed by atoms with Gasteiger partial charge in [0.25, 0.3) is 0 Å². The molecule has 0 spiro atoms. The molecule has 0 unspecified atom stereocenters. The van der Waals surface area contributed by atoms with Gasteiger partial charge >= 0.3 is 5.97 Å². The predicted molar refractivity (Wildman–Crippen MR) is 97.1 cm³/mol. The Morgan fingerprint density at radius 2 is 2.04 bits per heavy atom. The van der Waals surface area contributed by atoms with Gasteiger partial charge in [0.1, 0.15) is 11.4 Å². The Hall–Kier alpha value is -3.92. The van der Waals surface area contributed by atoms with Gasteiger partial charge in [0.2, 0.25) is 0 Å². The van der Waals surface area contributed by atoms with Gasteiger partial charge in [-0.2, -0.15) is 10.4 Å². The molecule has 0 amide bonds. The Bertz CT molecular complexity index is 1180. The molecule has 7 nitrogen and oxygen atoms in total. The largest absolute Gasteiger partial charge is 0.463 e. The SMILES string of the molecule is Cc1nn(C)c2nc(-c3ccco3)cc(C(=O)Oc3ccc(C#N)cc3)c12. The number of nitrogens with zero attached hydrogens (tertiary/aromatic N) is 4. The summed E-state index contributed by atoms with van der Waals surface area (Å²) in [5.74, 6) is 0.365. The number of pyridine rings is 1. The second kappa shape index (κ2) is 6.42. The zero-order chi connectivity index (χ0) is 19.0. The number of aromatic nitrogens is 3. The normalized spacial score (nSPS) is 10.7. The summed E-state index contributed by atoms with van der Waals surface area (Å²) in [5.41, 5.74) is 2.60. The van der Waals surface area contributed by atoms with Crippen LogP contribution in [-0.4, -0.2) is 20.7 Å². The zero-order valence-corrected chi connectivity index (χ0v) is 14.6. The van der Waals surface area contributed by atoms with Gasteiger partial charge in [-0.25, -0.2) is 9.78 Å². The van der Waals surface area contributed by atoms with E-state index in [1.807, 2.05) is 13.0 Å². The molecule has 0 aliphatic carbocycles. The van der Waals surface area contributed by atoms with E-state index in [4.69, 9.17) is 14.4 Å². The zero-order valence-electron chi connectivity index (χ0n) is 14.6. The van der Waals surface area contributed by atoms with Crippen LogP contribution in [0.5, 0.6) is 5.75 Å². The van der Waals surface area contributed by atoms with E-state index in [2.05, 4.69) is 10.1 Å². The Morgan fingerprint density at radius 3 is 2.70 bits per heavy atom. The van der Waals surface area contributed by atoms with Gasteiger partial charge in [0.15, 0.2) is 11.4 Å².